The van der Waals surface area contributed by atoms with Crippen LogP contribution in [0.5, 0.6) is 23.2 Å². The van der Waals surface area contributed by atoms with E-state index in [1.165, 1.54) is 25.7 Å². The molecule has 0 amide bonds. The summed E-state index contributed by atoms with van der Waals surface area (Å²) in [5.41, 5.74) is -0.379. The molecule has 1 aromatic heterocycles. The van der Waals surface area contributed by atoms with E-state index in [0.717, 1.165) is 25.7 Å². The van der Waals surface area contributed by atoms with Gasteiger partial charge in [0.05, 0.1) is 19.8 Å². The number of carbonyl (C=O) groups is 1. The third-order valence-electron chi connectivity index (χ3n) is 4.58. The van der Waals surface area contributed by atoms with E-state index in [1.54, 1.807) is 6.92 Å². The molecule has 0 atom stereocenters. The Morgan fingerprint density at radius 3 is 2.68 bits per heavy atom. The Kier molecular flexibility index (Phi) is 6.28. The van der Waals surface area contributed by atoms with E-state index in [4.69, 9.17) is 23.4 Å². The van der Waals surface area contributed by atoms with Crippen molar-refractivity contribution < 1.29 is 33.3 Å². The fourth-order valence-electron chi connectivity index (χ4n) is 3.29. The Bertz CT molecular complexity index is 895. The average Bonchev–Trinajstić information content (AvgIpc) is 2.67. The van der Waals surface area contributed by atoms with E-state index in [9.17, 15) is 14.7 Å². The minimum absolute atomic E-state index is 0.000676. The fourth-order valence-corrected chi connectivity index (χ4v) is 3.29. The van der Waals surface area contributed by atoms with Gasteiger partial charge in [0.1, 0.15) is 17.1 Å². The summed E-state index contributed by atoms with van der Waals surface area (Å²) in [5.74, 6) is -0.911. The van der Waals surface area contributed by atoms with Gasteiger partial charge in [-0.25, -0.2) is 4.79 Å². The SMILES string of the molecule is CCOC(=O)COc1cc2oc(OC3CCCCC3)cc(=O)c2c(O)c1OC. The number of phenols is 1. The first-order valence-electron chi connectivity index (χ1n) is 9.36. The Labute approximate surface area is 161 Å². The van der Waals surface area contributed by atoms with E-state index < -0.39 is 17.1 Å². The standard InChI is InChI=1S/C20H24O8/c1-3-25-16(22)11-26-15-10-14-18(19(23)20(15)24-2)13(21)9-17(28-14)27-12-7-5-4-6-8-12/h9-10,12,23H,3-8,11H2,1-2H3. The van der Waals surface area contributed by atoms with Crippen molar-refractivity contribution in [2.75, 3.05) is 20.3 Å². The molecule has 0 saturated heterocycles. The average molecular weight is 392 g/mol. The van der Waals surface area contributed by atoms with Crippen molar-refractivity contribution in [1.82, 2.24) is 0 Å². The van der Waals surface area contributed by atoms with Crippen molar-refractivity contribution in [3.05, 3.63) is 22.4 Å². The lowest BCUT2D eigenvalue weighted by Gasteiger charge is -2.22. The summed E-state index contributed by atoms with van der Waals surface area (Å²) in [4.78, 5) is 24.1. The van der Waals surface area contributed by atoms with E-state index in [-0.39, 0.29) is 47.7 Å². The van der Waals surface area contributed by atoms with Crippen LogP contribution in [0.1, 0.15) is 39.0 Å². The molecule has 0 spiro atoms. The quantitative estimate of drug-likeness (QED) is 0.717. The lowest BCUT2D eigenvalue weighted by molar-refractivity contribution is -0.145. The molecule has 28 heavy (non-hydrogen) atoms. The van der Waals surface area contributed by atoms with Gasteiger partial charge in [-0.2, -0.15) is 0 Å². The van der Waals surface area contributed by atoms with Crippen LogP contribution in [0, 0.1) is 0 Å². The molecule has 1 N–H and O–H groups in total. The molecular formula is C20H24O8. The van der Waals surface area contributed by atoms with Crippen LogP contribution < -0.4 is 19.6 Å². The first kappa shape index (κ1) is 19.9. The number of benzene rings is 1. The molecule has 3 rings (SSSR count). The summed E-state index contributed by atoms with van der Waals surface area (Å²) < 4.78 is 26.9. The number of aromatic hydroxyl groups is 1. The molecule has 2 aromatic rings. The lowest BCUT2D eigenvalue weighted by Crippen LogP contribution is -2.20. The smallest absolute Gasteiger partial charge is 0.344 e. The number of carbonyl (C=O) groups excluding carboxylic acids is 1. The van der Waals surface area contributed by atoms with Crippen LogP contribution in [0.15, 0.2) is 21.3 Å². The normalized spacial score (nSPS) is 14.6. The zero-order chi connectivity index (χ0) is 20.1. The third kappa shape index (κ3) is 4.32. The lowest BCUT2D eigenvalue weighted by atomic mass is 9.98. The van der Waals surface area contributed by atoms with E-state index in [2.05, 4.69) is 0 Å². The van der Waals surface area contributed by atoms with Crippen LogP contribution in [0.2, 0.25) is 0 Å². The van der Waals surface area contributed by atoms with Crippen LogP contribution in [-0.4, -0.2) is 37.5 Å². The highest BCUT2D eigenvalue weighted by Gasteiger charge is 2.22. The summed E-state index contributed by atoms with van der Waals surface area (Å²) in [6.07, 6.45) is 5.14. The molecule has 1 fully saturated rings. The largest absolute Gasteiger partial charge is 0.504 e. The molecule has 1 aliphatic carbocycles. The summed E-state index contributed by atoms with van der Waals surface area (Å²) >= 11 is 0. The molecule has 0 unspecified atom stereocenters. The van der Waals surface area contributed by atoms with Gasteiger partial charge in [0.15, 0.2) is 18.1 Å². The van der Waals surface area contributed by atoms with Crippen molar-refractivity contribution in [2.45, 2.75) is 45.1 Å². The van der Waals surface area contributed by atoms with Crippen LogP contribution in [-0.2, 0) is 9.53 Å². The Morgan fingerprint density at radius 1 is 1.25 bits per heavy atom. The first-order valence-corrected chi connectivity index (χ1v) is 9.36. The minimum Gasteiger partial charge on any atom is -0.504 e. The molecule has 0 radical (unpaired) electrons. The number of rotatable bonds is 7. The highest BCUT2D eigenvalue weighted by atomic mass is 16.6. The Morgan fingerprint density at radius 2 is 2.00 bits per heavy atom. The second-order valence-electron chi connectivity index (χ2n) is 6.53. The van der Waals surface area contributed by atoms with Crippen LogP contribution >= 0.6 is 0 Å². The minimum atomic E-state index is -0.569. The van der Waals surface area contributed by atoms with Gasteiger partial charge in [-0.3, -0.25) is 4.79 Å². The molecule has 1 heterocycles. The number of hydrogen-bond donors (Lipinski definition) is 1. The number of methoxy groups -OCH3 is 1. The van der Waals surface area contributed by atoms with Crippen LogP contribution in [0.3, 0.4) is 0 Å². The molecule has 152 valence electrons. The Balaban J connectivity index is 1.94. The highest BCUT2D eigenvalue weighted by Crippen LogP contribution is 2.42. The Hall–Kier alpha value is -2.90. The van der Waals surface area contributed by atoms with Crippen molar-refractivity contribution >= 4 is 16.9 Å². The molecule has 8 nitrogen and oxygen atoms in total. The fraction of sp³-hybridized carbons (Fsp3) is 0.500. The zero-order valence-electron chi connectivity index (χ0n) is 16.0. The van der Waals surface area contributed by atoms with Crippen molar-refractivity contribution in [3.63, 3.8) is 0 Å². The maximum atomic E-state index is 12.5. The van der Waals surface area contributed by atoms with E-state index >= 15 is 0 Å². The second-order valence-corrected chi connectivity index (χ2v) is 6.53. The number of ether oxygens (including phenoxy) is 4. The maximum Gasteiger partial charge on any atom is 0.344 e. The third-order valence-corrected chi connectivity index (χ3v) is 4.58. The van der Waals surface area contributed by atoms with Crippen LogP contribution in [0.25, 0.3) is 11.0 Å². The molecule has 1 saturated carbocycles. The predicted octanol–water partition coefficient (Wildman–Crippen LogP) is 3.16. The van der Waals surface area contributed by atoms with Crippen molar-refractivity contribution in [2.24, 2.45) is 0 Å². The monoisotopic (exact) mass is 392 g/mol. The van der Waals surface area contributed by atoms with Gasteiger partial charge in [0.25, 0.3) is 5.95 Å². The van der Waals surface area contributed by atoms with Crippen molar-refractivity contribution in [3.8, 4) is 23.2 Å². The summed E-state index contributed by atoms with van der Waals surface area (Å²) in [5, 5.41) is 10.4. The van der Waals surface area contributed by atoms with Gasteiger partial charge >= 0.3 is 5.97 Å². The number of phenolic OH excluding ortho intramolecular Hbond substituents is 1. The first-order chi connectivity index (χ1) is 13.5. The topological polar surface area (TPSA) is 104 Å². The van der Waals surface area contributed by atoms with Gasteiger partial charge in [-0.1, -0.05) is 6.42 Å². The number of hydrogen-bond acceptors (Lipinski definition) is 8. The maximum absolute atomic E-state index is 12.5. The summed E-state index contributed by atoms with van der Waals surface area (Å²) in [7, 11) is 1.32. The molecule has 0 aliphatic heterocycles. The summed E-state index contributed by atoms with van der Waals surface area (Å²) in [6.45, 7) is 1.53. The van der Waals surface area contributed by atoms with Gasteiger partial charge in [0, 0.05) is 6.07 Å². The van der Waals surface area contributed by atoms with E-state index in [0.29, 0.717) is 0 Å². The summed E-state index contributed by atoms with van der Waals surface area (Å²) in [6, 6.07) is 2.61. The molecule has 1 aliphatic rings. The van der Waals surface area contributed by atoms with Gasteiger partial charge < -0.3 is 28.5 Å². The number of esters is 1. The molecule has 8 heteroatoms. The van der Waals surface area contributed by atoms with Crippen molar-refractivity contribution in [1.29, 1.82) is 0 Å². The highest BCUT2D eigenvalue weighted by molar-refractivity contribution is 5.89. The predicted molar refractivity (Wildman–Crippen MR) is 100 cm³/mol. The van der Waals surface area contributed by atoms with Gasteiger partial charge in [-0.05, 0) is 32.6 Å². The zero-order valence-corrected chi connectivity index (χ0v) is 16.0. The van der Waals surface area contributed by atoms with Gasteiger partial charge in [0.2, 0.25) is 11.2 Å². The number of fused-ring (bicyclic) bond motifs is 1. The van der Waals surface area contributed by atoms with Gasteiger partial charge in [-0.15, -0.1) is 0 Å². The van der Waals surface area contributed by atoms with Crippen LogP contribution in [0.4, 0.5) is 0 Å². The van der Waals surface area contributed by atoms with E-state index in [1.807, 2.05) is 0 Å². The second kappa shape index (κ2) is 8.86. The molecular weight excluding hydrogens is 368 g/mol. The molecule has 1 aromatic carbocycles. The molecule has 0 bridgehead atoms.